The van der Waals surface area contributed by atoms with Crippen LogP contribution in [0.15, 0.2) is 0 Å². The van der Waals surface area contributed by atoms with Crippen molar-refractivity contribution < 1.29 is 4.74 Å². The zero-order valence-corrected chi connectivity index (χ0v) is 12.3. The molecule has 0 spiro atoms. The Kier molecular flexibility index (Phi) is 8.09. The third-order valence-electron chi connectivity index (χ3n) is 3.03. The Morgan fingerprint density at radius 1 is 1.00 bits per heavy atom. The fourth-order valence-corrected chi connectivity index (χ4v) is 2.31. The summed E-state index contributed by atoms with van der Waals surface area (Å²) >= 11 is 0. The van der Waals surface area contributed by atoms with Crippen molar-refractivity contribution in [2.75, 3.05) is 13.7 Å². The van der Waals surface area contributed by atoms with E-state index in [1.807, 2.05) is 7.11 Å². The molecular weight excluding hydrogens is 196 g/mol. The van der Waals surface area contributed by atoms with Crippen LogP contribution in [0.5, 0.6) is 0 Å². The molecule has 0 aromatic heterocycles. The van der Waals surface area contributed by atoms with Gasteiger partial charge in [-0.05, 0) is 30.1 Å². The maximum atomic E-state index is 5.21. The summed E-state index contributed by atoms with van der Waals surface area (Å²) in [7, 11) is 1.81. The van der Waals surface area contributed by atoms with E-state index >= 15 is 0 Å². The largest absolute Gasteiger partial charge is 0.385 e. The summed E-state index contributed by atoms with van der Waals surface area (Å²) in [6, 6.07) is 0. The number of methoxy groups -OCH3 is 1. The molecule has 1 atom stereocenters. The molecule has 0 amide bonds. The SMILES string of the molecule is COCC[C@@H](CCCC(C)C)CC(C)(C)C. The highest BCUT2D eigenvalue weighted by Crippen LogP contribution is 2.30. The Hall–Kier alpha value is -0.0400. The molecule has 0 aliphatic carbocycles. The van der Waals surface area contributed by atoms with E-state index in [1.54, 1.807) is 0 Å². The number of ether oxygens (including phenoxy) is 1. The molecule has 1 nitrogen and oxygen atoms in total. The number of hydrogen-bond acceptors (Lipinski definition) is 1. The van der Waals surface area contributed by atoms with Gasteiger partial charge in [-0.15, -0.1) is 0 Å². The van der Waals surface area contributed by atoms with Gasteiger partial charge in [0.15, 0.2) is 0 Å². The average molecular weight is 228 g/mol. The zero-order valence-electron chi connectivity index (χ0n) is 12.3. The molecule has 16 heavy (non-hydrogen) atoms. The van der Waals surface area contributed by atoms with E-state index in [0.29, 0.717) is 5.41 Å². The molecule has 0 saturated carbocycles. The first kappa shape index (κ1) is 16.0. The first-order valence-electron chi connectivity index (χ1n) is 6.84. The Labute approximate surface area is 103 Å². The van der Waals surface area contributed by atoms with Gasteiger partial charge in [-0.3, -0.25) is 0 Å². The summed E-state index contributed by atoms with van der Waals surface area (Å²) < 4.78 is 5.21. The van der Waals surface area contributed by atoms with Crippen molar-refractivity contribution in [2.45, 2.75) is 66.7 Å². The van der Waals surface area contributed by atoms with Crippen LogP contribution in [0.2, 0.25) is 0 Å². The molecule has 0 aromatic carbocycles. The quantitative estimate of drug-likeness (QED) is 0.574. The van der Waals surface area contributed by atoms with Crippen molar-refractivity contribution in [3.05, 3.63) is 0 Å². The zero-order chi connectivity index (χ0) is 12.6. The molecule has 0 saturated heterocycles. The Balaban J connectivity index is 3.90. The maximum absolute atomic E-state index is 5.21. The van der Waals surface area contributed by atoms with Gasteiger partial charge in [0.05, 0.1) is 0 Å². The van der Waals surface area contributed by atoms with E-state index in [9.17, 15) is 0 Å². The van der Waals surface area contributed by atoms with Crippen LogP contribution < -0.4 is 0 Å². The van der Waals surface area contributed by atoms with E-state index in [4.69, 9.17) is 4.74 Å². The highest BCUT2D eigenvalue weighted by Gasteiger charge is 2.18. The second-order valence-corrected chi connectivity index (χ2v) is 6.74. The van der Waals surface area contributed by atoms with Crippen molar-refractivity contribution in [3.8, 4) is 0 Å². The summed E-state index contributed by atoms with van der Waals surface area (Å²) in [6.07, 6.45) is 6.68. The Bertz CT molecular complexity index is 155. The first-order chi connectivity index (χ1) is 7.35. The van der Waals surface area contributed by atoms with Crippen LogP contribution in [0.3, 0.4) is 0 Å². The predicted octanol–water partition coefficient (Wildman–Crippen LogP) is 4.90. The summed E-state index contributed by atoms with van der Waals surface area (Å²) in [5, 5.41) is 0. The van der Waals surface area contributed by atoms with Gasteiger partial charge in [0, 0.05) is 13.7 Å². The van der Waals surface area contributed by atoms with Crippen molar-refractivity contribution in [1.29, 1.82) is 0 Å². The van der Waals surface area contributed by atoms with Gasteiger partial charge in [0.2, 0.25) is 0 Å². The van der Waals surface area contributed by atoms with Crippen LogP contribution in [0, 0.1) is 17.3 Å². The molecule has 98 valence electrons. The second-order valence-electron chi connectivity index (χ2n) is 6.74. The van der Waals surface area contributed by atoms with Gasteiger partial charge in [-0.25, -0.2) is 0 Å². The molecule has 0 N–H and O–H groups in total. The lowest BCUT2D eigenvalue weighted by molar-refractivity contribution is 0.157. The third kappa shape index (κ3) is 10.5. The summed E-state index contributed by atoms with van der Waals surface area (Å²) in [5.74, 6) is 1.69. The molecular formula is C15H32O. The van der Waals surface area contributed by atoms with Gasteiger partial charge in [-0.2, -0.15) is 0 Å². The smallest absolute Gasteiger partial charge is 0.0464 e. The van der Waals surface area contributed by atoms with Crippen LogP contribution in [-0.4, -0.2) is 13.7 Å². The maximum Gasteiger partial charge on any atom is 0.0464 e. The van der Waals surface area contributed by atoms with Crippen molar-refractivity contribution in [3.63, 3.8) is 0 Å². The number of hydrogen-bond donors (Lipinski definition) is 0. The lowest BCUT2D eigenvalue weighted by Gasteiger charge is -2.26. The van der Waals surface area contributed by atoms with Crippen LogP contribution in [-0.2, 0) is 4.74 Å². The number of rotatable bonds is 8. The molecule has 0 rings (SSSR count). The molecule has 0 aliphatic heterocycles. The molecule has 0 radical (unpaired) electrons. The van der Waals surface area contributed by atoms with Gasteiger partial charge in [0.25, 0.3) is 0 Å². The van der Waals surface area contributed by atoms with Gasteiger partial charge >= 0.3 is 0 Å². The van der Waals surface area contributed by atoms with Crippen LogP contribution in [0.4, 0.5) is 0 Å². The normalized spacial score (nSPS) is 14.4. The van der Waals surface area contributed by atoms with Gasteiger partial charge in [0.1, 0.15) is 0 Å². The molecule has 1 heteroatoms. The summed E-state index contributed by atoms with van der Waals surface area (Å²) in [5.41, 5.74) is 0.455. The van der Waals surface area contributed by atoms with E-state index in [0.717, 1.165) is 18.4 Å². The van der Waals surface area contributed by atoms with Crippen LogP contribution in [0.1, 0.15) is 66.7 Å². The van der Waals surface area contributed by atoms with Crippen LogP contribution in [0.25, 0.3) is 0 Å². The van der Waals surface area contributed by atoms with Crippen molar-refractivity contribution in [2.24, 2.45) is 17.3 Å². The lowest BCUT2D eigenvalue weighted by Crippen LogP contribution is -2.15. The monoisotopic (exact) mass is 228 g/mol. The Morgan fingerprint density at radius 2 is 1.62 bits per heavy atom. The van der Waals surface area contributed by atoms with E-state index < -0.39 is 0 Å². The highest BCUT2D eigenvalue weighted by molar-refractivity contribution is 4.70. The average Bonchev–Trinajstić information content (AvgIpc) is 2.11. The molecule has 0 unspecified atom stereocenters. The Morgan fingerprint density at radius 3 is 2.06 bits per heavy atom. The second kappa shape index (κ2) is 8.11. The van der Waals surface area contributed by atoms with Gasteiger partial charge < -0.3 is 4.74 Å². The highest BCUT2D eigenvalue weighted by atomic mass is 16.5. The standard InChI is InChI=1S/C15H32O/c1-13(2)8-7-9-14(10-11-16-6)12-15(3,4)5/h13-14H,7-12H2,1-6H3/t14-/m1/s1. The fourth-order valence-electron chi connectivity index (χ4n) is 2.31. The molecule has 0 heterocycles. The minimum Gasteiger partial charge on any atom is -0.385 e. The molecule has 0 bridgehead atoms. The van der Waals surface area contributed by atoms with Crippen molar-refractivity contribution in [1.82, 2.24) is 0 Å². The predicted molar refractivity (Wildman–Crippen MR) is 72.7 cm³/mol. The molecule has 0 aliphatic rings. The van der Waals surface area contributed by atoms with Crippen LogP contribution >= 0.6 is 0 Å². The third-order valence-corrected chi connectivity index (χ3v) is 3.03. The van der Waals surface area contributed by atoms with Crippen molar-refractivity contribution >= 4 is 0 Å². The lowest BCUT2D eigenvalue weighted by atomic mass is 9.81. The van der Waals surface area contributed by atoms with E-state index in [2.05, 4.69) is 34.6 Å². The minimum absolute atomic E-state index is 0.455. The summed E-state index contributed by atoms with van der Waals surface area (Å²) in [4.78, 5) is 0. The summed E-state index contributed by atoms with van der Waals surface area (Å²) in [6.45, 7) is 12.6. The topological polar surface area (TPSA) is 9.23 Å². The molecule has 0 aromatic rings. The minimum atomic E-state index is 0.455. The van der Waals surface area contributed by atoms with E-state index in [1.165, 1.54) is 32.1 Å². The fraction of sp³-hybridized carbons (Fsp3) is 1.00. The van der Waals surface area contributed by atoms with Gasteiger partial charge in [-0.1, -0.05) is 53.9 Å². The van der Waals surface area contributed by atoms with E-state index in [-0.39, 0.29) is 0 Å². The molecule has 0 fully saturated rings. The first-order valence-corrected chi connectivity index (χ1v) is 6.84.